The fourth-order valence-corrected chi connectivity index (χ4v) is 6.41. The number of anilines is 4. The van der Waals surface area contributed by atoms with E-state index in [2.05, 4.69) is 99.9 Å². The third-order valence-corrected chi connectivity index (χ3v) is 8.36. The number of fused-ring (bicyclic) bond motifs is 4. The van der Waals surface area contributed by atoms with E-state index in [1.54, 1.807) is 18.3 Å². The van der Waals surface area contributed by atoms with Gasteiger partial charge in [0.2, 0.25) is 0 Å². The summed E-state index contributed by atoms with van der Waals surface area (Å²) in [6.45, 7) is 7.01. The first kappa shape index (κ1) is 24.9. The maximum absolute atomic E-state index is 8.19. The molecule has 7 aromatic rings. The highest BCUT2D eigenvalue weighted by atomic mass is 16.5. The summed E-state index contributed by atoms with van der Waals surface area (Å²) in [5.41, 5.74) is 8.77. The lowest BCUT2D eigenvalue weighted by molar-refractivity contribution is 0.483. The first-order valence-corrected chi connectivity index (χ1v) is 14.8. The van der Waals surface area contributed by atoms with E-state index in [9.17, 15) is 0 Å². The fraction of sp³-hybridized carbons (Fsp3) is 0.105. The van der Waals surface area contributed by atoms with E-state index in [1.165, 1.54) is 16.8 Å². The van der Waals surface area contributed by atoms with Gasteiger partial charge in [0, 0.05) is 46.2 Å². The van der Waals surface area contributed by atoms with Gasteiger partial charge < -0.3 is 14.5 Å². The van der Waals surface area contributed by atoms with Crippen molar-refractivity contribution in [1.29, 1.82) is 0 Å². The summed E-state index contributed by atoms with van der Waals surface area (Å²) in [7, 11) is 0. The molecule has 214 valence electrons. The van der Waals surface area contributed by atoms with Gasteiger partial charge in [0.1, 0.15) is 24.0 Å². The third-order valence-electron chi connectivity index (χ3n) is 8.36. The number of aryl methyl sites for hydroxylation is 3. The summed E-state index contributed by atoms with van der Waals surface area (Å²) in [6.07, 6.45) is 1.68. The van der Waals surface area contributed by atoms with Crippen LogP contribution >= 0.6 is 0 Å². The van der Waals surface area contributed by atoms with Crippen LogP contribution in [0.5, 0.6) is 11.5 Å². The number of benzene rings is 4. The average Bonchev–Trinajstić information content (AvgIpc) is 3.56. The predicted octanol–water partition coefficient (Wildman–Crippen LogP) is 9.54. The van der Waals surface area contributed by atoms with E-state index in [0.717, 1.165) is 56.2 Å². The van der Waals surface area contributed by atoms with Crippen LogP contribution in [-0.4, -0.2) is 21.2 Å². The molecular weight excluding hydrogens is 542 g/mol. The second-order valence-corrected chi connectivity index (χ2v) is 11.3. The minimum absolute atomic E-state index is 0.416. The van der Waals surface area contributed by atoms with Crippen molar-refractivity contribution in [3.63, 3.8) is 0 Å². The van der Waals surface area contributed by atoms with Gasteiger partial charge in [-0.1, -0.05) is 48.5 Å². The van der Waals surface area contributed by atoms with Crippen molar-refractivity contribution in [1.82, 2.24) is 14.5 Å². The zero-order valence-electron chi connectivity index (χ0n) is 25.8. The van der Waals surface area contributed by atoms with Crippen molar-refractivity contribution in [2.45, 2.75) is 20.8 Å². The lowest BCUT2D eigenvalue weighted by Crippen LogP contribution is -2.25. The lowest BCUT2D eigenvalue weighted by atomic mass is 10.1. The Morgan fingerprint density at radius 1 is 0.705 bits per heavy atom. The quantitative estimate of drug-likeness (QED) is 0.205. The lowest BCUT2D eigenvalue weighted by Gasteiger charge is -2.25. The van der Waals surface area contributed by atoms with Crippen LogP contribution in [0.1, 0.15) is 18.2 Å². The molecule has 0 N–H and O–H groups in total. The molecule has 0 saturated heterocycles. The Morgan fingerprint density at radius 3 is 2.36 bits per heavy atom. The zero-order valence-corrected chi connectivity index (χ0v) is 24.8. The number of hydrogen-bond acceptors (Lipinski definition) is 5. The Balaban J connectivity index is 1.18. The first-order chi connectivity index (χ1) is 21.9. The molecule has 0 atom stereocenters. The molecular formula is C38H31N5O. The molecule has 1 aliphatic rings. The minimum Gasteiger partial charge on any atom is -0.457 e. The molecule has 6 nitrogen and oxygen atoms in total. The van der Waals surface area contributed by atoms with E-state index in [1.807, 2.05) is 37.3 Å². The summed E-state index contributed by atoms with van der Waals surface area (Å²) < 4.78 is 16.8. The minimum atomic E-state index is 0.416. The van der Waals surface area contributed by atoms with Crippen molar-refractivity contribution in [3.8, 4) is 17.3 Å². The maximum atomic E-state index is 8.19. The van der Waals surface area contributed by atoms with E-state index in [4.69, 9.17) is 11.1 Å². The normalized spacial score (nSPS) is 13.0. The smallest absolute Gasteiger partial charge is 0.158 e. The number of nitrogens with zero attached hydrogens (tertiary/aromatic N) is 5. The molecule has 44 heavy (non-hydrogen) atoms. The second-order valence-electron chi connectivity index (χ2n) is 11.3. The molecule has 3 aromatic heterocycles. The largest absolute Gasteiger partial charge is 0.457 e. The van der Waals surface area contributed by atoms with Crippen molar-refractivity contribution in [2.75, 3.05) is 16.5 Å². The zero-order chi connectivity index (χ0) is 30.7. The molecule has 0 amide bonds. The van der Waals surface area contributed by atoms with Gasteiger partial charge in [-0.2, -0.15) is 0 Å². The number of para-hydroxylation sites is 2. The SMILES string of the molecule is [2H]c1ccnc(-n2c3ccccc3c3ccc(Oc4cccc(N5CN(c6c(C)cccc6C)c6ccc(C)nc65)c4)cc32)c1. The number of ether oxygens (including phenoxy) is 1. The number of pyridine rings is 2. The van der Waals surface area contributed by atoms with Crippen LogP contribution in [-0.2, 0) is 0 Å². The van der Waals surface area contributed by atoms with Crippen molar-refractivity contribution in [3.05, 3.63) is 138 Å². The van der Waals surface area contributed by atoms with E-state index in [0.29, 0.717) is 18.5 Å². The monoisotopic (exact) mass is 574 g/mol. The molecule has 0 bridgehead atoms. The molecule has 0 radical (unpaired) electrons. The number of aromatic nitrogens is 3. The third kappa shape index (κ3) is 4.26. The summed E-state index contributed by atoms with van der Waals surface area (Å²) in [6, 6.07) is 37.2. The molecule has 4 heterocycles. The molecule has 0 unspecified atom stereocenters. The van der Waals surface area contributed by atoms with Gasteiger partial charge in [-0.25, -0.2) is 9.97 Å². The molecule has 4 aromatic carbocycles. The van der Waals surface area contributed by atoms with E-state index >= 15 is 0 Å². The molecule has 0 spiro atoms. The molecule has 0 saturated carbocycles. The molecule has 0 fully saturated rings. The molecule has 8 rings (SSSR count). The summed E-state index contributed by atoms with van der Waals surface area (Å²) >= 11 is 0. The van der Waals surface area contributed by atoms with E-state index in [-0.39, 0.29) is 0 Å². The van der Waals surface area contributed by atoms with Crippen molar-refractivity contribution >= 4 is 44.7 Å². The highest BCUT2D eigenvalue weighted by molar-refractivity contribution is 6.09. The summed E-state index contributed by atoms with van der Waals surface area (Å²) in [5.74, 6) is 3.10. The van der Waals surface area contributed by atoms with Gasteiger partial charge in [0.15, 0.2) is 5.82 Å². The van der Waals surface area contributed by atoms with Crippen LogP contribution in [0.15, 0.2) is 121 Å². The van der Waals surface area contributed by atoms with Gasteiger partial charge in [0.25, 0.3) is 0 Å². The first-order valence-electron chi connectivity index (χ1n) is 15.3. The Bertz CT molecular complexity index is 2240. The maximum Gasteiger partial charge on any atom is 0.158 e. The average molecular weight is 575 g/mol. The molecule has 0 aliphatic carbocycles. The standard InChI is InChI=1S/C38H31N5O/c1-25-10-8-11-26(2)37(25)42-24-41(38-34(42)20-17-27(3)40-38)28-12-9-13-29(22-28)44-30-18-19-32-31-14-4-5-15-33(31)43(35(32)23-30)36-16-6-7-21-39-36/h4-23H,24H2,1-3H3/i6D. The van der Waals surface area contributed by atoms with Gasteiger partial charge in [0.05, 0.1) is 18.1 Å². The van der Waals surface area contributed by atoms with E-state index < -0.39 is 0 Å². The van der Waals surface area contributed by atoms with Crippen molar-refractivity contribution in [2.24, 2.45) is 0 Å². The van der Waals surface area contributed by atoms with Crippen LogP contribution in [0, 0.1) is 20.8 Å². The van der Waals surface area contributed by atoms with Crippen LogP contribution in [0.3, 0.4) is 0 Å². The predicted molar refractivity (Wildman–Crippen MR) is 179 cm³/mol. The highest BCUT2D eigenvalue weighted by Crippen LogP contribution is 2.45. The second kappa shape index (κ2) is 10.3. The van der Waals surface area contributed by atoms with Gasteiger partial charge >= 0.3 is 0 Å². The Hall–Kier alpha value is -5.62. The van der Waals surface area contributed by atoms with Crippen LogP contribution in [0.2, 0.25) is 0 Å². The van der Waals surface area contributed by atoms with Gasteiger partial charge in [-0.15, -0.1) is 0 Å². The van der Waals surface area contributed by atoms with Crippen LogP contribution in [0.4, 0.5) is 22.9 Å². The van der Waals surface area contributed by atoms with Crippen LogP contribution < -0.4 is 14.5 Å². The Kier molecular flexibility index (Phi) is 5.82. The summed E-state index contributed by atoms with van der Waals surface area (Å²) in [4.78, 5) is 14.2. The summed E-state index contributed by atoms with van der Waals surface area (Å²) in [5, 5.41) is 2.23. The highest BCUT2D eigenvalue weighted by Gasteiger charge is 2.31. The number of rotatable bonds is 5. The van der Waals surface area contributed by atoms with Gasteiger partial charge in [-0.3, -0.25) is 4.57 Å². The van der Waals surface area contributed by atoms with Gasteiger partial charge in [-0.05, 0) is 86.5 Å². The molecule has 6 heteroatoms. The van der Waals surface area contributed by atoms with Crippen molar-refractivity contribution < 1.29 is 6.11 Å². The fourth-order valence-electron chi connectivity index (χ4n) is 6.41. The van der Waals surface area contributed by atoms with Crippen LogP contribution in [0.25, 0.3) is 27.6 Å². The number of hydrogen-bond donors (Lipinski definition) is 0. The topological polar surface area (TPSA) is 46.4 Å². The Labute approximate surface area is 257 Å². The molecule has 1 aliphatic heterocycles. The Morgan fingerprint density at radius 2 is 1.50 bits per heavy atom.